The van der Waals surface area contributed by atoms with Gasteiger partial charge in [0.2, 0.25) is 0 Å². The molecule has 1 saturated heterocycles. The van der Waals surface area contributed by atoms with Gasteiger partial charge in [-0.1, -0.05) is 0 Å². The van der Waals surface area contributed by atoms with Gasteiger partial charge >= 0.3 is 0 Å². The topological polar surface area (TPSA) is 83.8 Å². The second kappa shape index (κ2) is 9.46. The highest BCUT2D eigenvalue weighted by molar-refractivity contribution is 5.59. The maximum Gasteiger partial charge on any atom is 0.180 e. The molecule has 0 bridgehead atoms. The van der Waals surface area contributed by atoms with Crippen LogP contribution in [0.4, 0.5) is 5.82 Å². The lowest BCUT2D eigenvalue weighted by atomic mass is 10.2. The predicted molar refractivity (Wildman–Crippen MR) is 120 cm³/mol. The lowest BCUT2D eigenvalue weighted by Crippen LogP contribution is -2.41. The monoisotopic (exact) mass is 427 g/mol. The minimum absolute atomic E-state index is 0.205. The van der Waals surface area contributed by atoms with Crippen LogP contribution in [0.2, 0.25) is 0 Å². The standard InChI is InChI=1S/C23H33N5O3/c1-23(2,29)16-31-17-7-8-24-20(15-17)21-25-19-6-4-5-18(19)22(26-21)27(3)9-10-28-11-13-30-14-12-28/h7-8,15,29H,4-6,9-14,16H2,1-3H3. The summed E-state index contributed by atoms with van der Waals surface area (Å²) in [5.74, 6) is 2.29. The SMILES string of the molecule is CN(CCN1CCOCC1)c1nc(-c2cc(OCC(C)(C)O)ccn2)nc2c1CCC2. The average molecular weight is 428 g/mol. The fourth-order valence-electron chi connectivity index (χ4n) is 3.95. The molecule has 1 N–H and O–H groups in total. The third kappa shape index (κ3) is 5.70. The van der Waals surface area contributed by atoms with Gasteiger partial charge in [-0.3, -0.25) is 9.88 Å². The second-order valence-electron chi connectivity index (χ2n) is 9.00. The van der Waals surface area contributed by atoms with Crippen molar-refractivity contribution in [2.24, 2.45) is 0 Å². The van der Waals surface area contributed by atoms with Crippen molar-refractivity contribution < 1.29 is 14.6 Å². The fourth-order valence-corrected chi connectivity index (χ4v) is 3.95. The van der Waals surface area contributed by atoms with E-state index >= 15 is 0 Å². The van der Waals surface area contributed by atoms with Crippen LogP contribution in [-0.2, 0) is 17.6 Å². The number of pyridine rings is 1. The summed E-state index contributed by atoms with van der Waals surface area (Å²) < 4.78 is 11.2. The van der Waals surface area contributed by atoms with E-state index in [9.17, 15) is 5.11 Å². The molecule has 0 unspecified atom stereocenters. The van der Waals surface area contributed by atoms with Gasteiger partial charge in [0.15, 0.2) is 5.82 Å². The summed E-state index contributed by atoms with van der Waals surface area (Å²) in [6.07, 6.45) is 4.81. The largest absolute Gasteiger partial charge is 0.490 e. The second-order valence-corrected chi connectivity index (χ2v) is 9.00. The quantitative estimate of drug-likeness (QED) is 0.684. The minimum atomic E-state index is -0.899. The highest BCUT2D eigenvalue weighted by Gasteiger charge is 2.23. The van der Waals surface area contributed by atoms with E-state index in [2.05, 4.69) is 21.8 Å². The first-order chi connectivity index (χ1) is 14.9. The molecule has 168 valence electrons. The first-order valence-corrected chi connectivity index (χ1v) is 11.1. The Bertz CT molecular complexity index is 893. The Morgan fingerprint density at radius 1 is 1.23 bits per heavy atom. The van der Waals surface area contributed by atoms with Gasteiger partial charge in [-0.2, -0.15) is 0 Å². The number of morpholine rings is 1. The predicted octanol–water partition coefficient (Wildman–Crippen LogP) is 1.95. The van der Waals surface area contributed by atoms with Crippen LogP contribution < -0.4 is 9.64 Å². The maximum absolute atomic E-state index is 9.93. The van der Waals surface area contributed by atoms with Crippen LogP contribution in [0.1, 0.15) is 31.5 Å². The lowest BCUT2D eigenvalue weighted by Gasteiger charge is -2.29. The molecule has 2 aromatic rings. The molecule has 2 aliphatic rings. The Balaban J connectivity index is 1.54. The molecule has 0 aromatic carbocycles. The molecule has 0 spiro atoms. The number of aryl methyl sites for hydroxylation is 1. The van der Waals surface area contributed by atoms with Gasteiger partial charge in [0.05, 0.1) is 18.8 Å². The zero-order valence-electron chi connectivity index (χ0n) is 18.8. The van der Waals surface area contributed by atoms with Gasteiger partial charge < -0.3 is 19.5 Å². The number of ether oxygens (including phenoxy) is 2. The van der Waals surface area contributed by atoms with E-state index in [1.807, 2.05) is 6.07 Å². The molecule has 1 fully saturated rings. The molecule has 2 aromatic heterocycles. The summed E-state index contributed by atoms with van der Waals surface area (Å²) in [5, 5.41) is 9.93. The van der Waals surface area contributed by atoms with Crippen LogP contribution in [-0.4, -0.2) is 83.6 Å². The first-order valence-electron chi connectivity index (χ1n) is 11.1. The van der Waals surface area contributed by atoms with E-state index in [-0.39, 0.29) is 6.61 Å². The zero-order valence-corrected chi connectivity index (χ0v) is 18.8. The molecule has 8 heteroatoms. The summed E-state index contributed by atoms with van der Waals surface area (Å²) in [4.78, 5) is 18.9. The summed E-state index contributed by atoms with van der Waals surface area (Å²) in [7, 11) is 2.11. The molecule has 0 radical (unpaired) electrons. The Kier molecular flexibility index (Phi) is 6.69. The molecule has 3 heterocycles. The number of rotatable bonds is 8. The molecular weight excluding hydrogens is 394 g/mol. The van der Waals surface area contributed by atoms with Crippen molar-refractivity contribution in [1.29, 1.82) is 0 Å². The minimum Gasteiger partial charge on any atom is -0.490 e. The van der Waals surface area contributed by atoms with Gasteiger partial charge in [-0.15, -0.1) is 0 Å². The van der Waals surface area contributed by atoms with Crippen LogP contribution in [0, 0.1) is 0 Å². The van der Waals surface area contributed by atoms with Crippen molar-refractivity contribution in [2.45, 2.75) is 38.7 Å². The van der Waals surface area contributed by atoms with Crippen LogP contribution >= 0.6 is 0 Å². The van der Waals surface area contributed by atoms with E-state index in [1.54, 1.807) is 26.1 Å². The smallest absolute Gasteiger partial charge is 0.180 e. The number of aliphatic hydroxyl groups is 1. The van der Waals surface area contributed by atoms with Crippen molar-refractivity contribution in [2.75, 3.05) is 57.9 Å². The summed E-state index contributed by atoms with van der Waals surface area (Å²) in [6.45, 7) is 9.15. The molecule has 0 atom stereocenters. The molecule has 0 saturated carbocycles. The van der Waals surface area contributed by atoms with Crippen molar-refractivity contribution in [3.05, 3.63) is 29.6 Å². The molecule has 31 heavy (non-hydrogen) atoms. The third-order valence-electron chi connectivity index (χ3n) is 5.68. The molecule has 1 aliphatic carbocycles. The summed E-state index contributed by atoms with van der Waals surface area (Å²) >= 11 is 0. The van der Waals surface area contributed by atoms with E-state index in [1.165, 1.54) is 5.56 Å². The number of nitrogens with zero attached hydrogens (tertiary/aromatic N) is 5. The Hall–Kier alpha value is -2.29. The number of anilines is 1. The molecule has 1 aliphatic heterocycles. The zero-order chi connectivity index (χ0) is 21.8. The number of hydrogen-bond acceptors (Lipinski definition) is 8. The van der Waals surface area contributed by atoms with Crippen LogP contribution in [0.25, 0.3) is 11.5 Å². The molecule has 4 rings (SSSR count). The van der Waals surface area contributed by atoms with Gasteiger partial charge in [-0.05, 0) is 39.2 Å². The number of likely N-dealkylation sites (N-methyl/N-ethyl adjacent to an activating group) is 1. The maximum atomic E-state index is 9.93. The van der Waals surface area contributed by atoms with Gasteiger partial charge in [0, 0.05) is 56.7 Å². The average Bonchev–Trinajstić information content (AvgIpc) is 3.24. The molecular formula is C23H33N5O3. The normalized spacial score (nSPS) is 16.9. The van der Waals surface area contributed by atoms with Crippen molar-refractivity contribution >= 4 is 5.82 Å². The highest BCUT2D eigenvalue weighted by atomic mass is 16.5. The Morgan fingerprint density at radius 2 is 2.03 bits per heavy atom. The van der Waals surface area contributed by atoms with Gasteiger partial charge in [0.25, 0.3) is 0 Å². The molecule has 8 nitrogen and oxygen atoms in total. The number of hydrogen-bond donors (Lipinski definition) is 1. The van der Waals surface area contributed by atoms with Gasteiger partial charge in [0.1, 0.15) is 23.9 Å². The van der Waals surface area contributed by atoms with Gasteiger partial charge in [-0.25, -0.2) is 9.97 Å². The van der Waals surface area contributed by atoms with Crippen LogP contribution in [0.15, 0.2) is 18.3 Å². The van der Waals surface area contributed by atoms with E-state index in [0.717, 1.165) is 70.2 Å². The van der Waals surface area contributed by atoms with E-state index in [0.29, 0.717) is 17.3 Å². The molecule has 0 amide bonds. The first kappa shape index (κ1) is 21.9. The van der Waals surface area contributed by atoms with Crippen molar-refractivity contribution in [3.63, 3.8) is 0 Å². The van der Waals surface area contributed by atoms with E-state index < -0.39 is 5.60 Å². The van der Waals surface area contributed by atoms with Crippen LogP contribution in [0.5, 0.6) is 5.75 Å². The third-order valence-corrected chi connectivity index (χ3v) is 5.68. The number of aromatic nitrogens is 3. The van der Waals surface area contributed by atoms with Crippen LogP contribution in [0.3, 0.4) is 0 Å². The summed E-state index contributed by atoms with van der Waals surface area (Å²) in [5.41, 5.74) is 2.18. The lowest BCUT2D eigenvalue weighted by molar-refractivity contribution is 0.0285. The summed E-state index contributed by atoms with van der Waals surface area (Å²) in [6, 6.07) is 3.64. The highest BCUT2D eigenvalue weighted by Crippen LogP contribution is 2.31. The Morgan fingerprint density at radius 3 is 2.81 bits per heavy atom. The van der Waals surface area contributed by atoms with Crippen molar-refractivity contribution in [1.82, 2.24) is 19.9 Å². The van der Waals surface area contributed by atoms with E-state index in [4.69, 9.17) is 19.4 Å². The Labute approximate surface area is 184 Å². The number of fused-ring (bicyclic) bond motifs is 1. The fraction of sp³-hybridized carbons (Fsp3) is 0.609. The van der Waals surface area contributed by atoms with Crippen molar-refractivity contribution in [3.8, 4) is 17.3 Å².